The molecule has 2 aromatic heterocycles. The van der Waals surface area contributed by atoms with Crippen LogP contribution in [-0.4, -0.2) is 59.9 Å². The summed E-state index contributed by atoms with van der Waals surface area (Å²) >= 11 is 0. The minimum atomic E-state index is -4.39. The first-order chi connectivity index (χ1) is 13.6. The Morgan fingerprint density at radius 1 is 1.14 bits per heavy atom. The van der Waals surface area contributed by atoms with Crippen LogP contribution >= 0.6 is 0 Å². The molecule has 0 bridgehead atoms. The molecule has 11 heteroatoms. The van der Waals surface area contributed by atoms with Crippen molar-refractivity contribution in [3.8, 4) is 5.69 Å². The van der Waals surface area contributed by atoms with E-state index in [4.69, 9.17) is 0 Å². The number of anilines is 1. The van der Waals surface area contributed by atoms with Crippen molar-refractivity contribution in [2.45, 2.75) is 11.4 Å². The lowest BCUT2D eigenvalue weighted by Gasteiger charge is -2.40. The molecule has 0 amide bonds. The maximum absolute atomic E-state index is 12.7. The van der Waals surface area contributed by atoms with E-state index in [9.17, 15) is 21.6 Å². The Balaban J connectivity index is 1.55. The highest BCUT2D eigenvalue weighted by Crippen LogP contribution is 2.30. The highest BCUT2D eigenvalue weighted by molar-refractivity contribution is 7.89. The number of rotatable bonds is 4. The third-order valence-corrected chi connectivity index (χ3v) is 7.09. The third-order valence-electron chi connectivity index (χ3n) is 4.94. The van der Waals surface area contributed by atoms with Gasteiger partial charge in [0.1, 0.15) is 11.1 Å². The second kappa shape index (κ2) is 6.70. The van der Waals surface area contributed by atoms with Gasteiger partial charge in [-0.15, -0.1) is 0 Å². The standard InChI is InChI=1S/C18H18F3N5O2S/c1-24(2)29(27,28)15-10-25(11-15)17-7-16-12(8-22-17)9-26(23-16)14-5-3-13(4-6-14)18(19,20)21/h3-9,15H,10-11H2,1-2H3. The van der Waals surface area contributed by atoms with Crippen LogP contribution in [0.25, 0.3) is 16.6 Å². The molecule has 1 aromatic carbocycles. The number of alkyl halides is 3. The maximum atomic E-state index is 12.7. The number of hydrogen-bond donors (Lipinski definition) is 0. The molecule has 7 nitrogen and oxygen atoms in total. The van der Waals surface area contributed by atoms with Crippen molar-refractivity contribution in [1.29, 1.82) is 0 Å². The number of halogens is 3. The van der Waals surface area contributed by atoms with Crippen LogP contribution in [0.3, 0.4) is 0 Å². The number of aromatic nitrogens is 3. The zero-order chi connectivity index (χ0) is 21.0. The van der Waals surface area contributed by atoms with E-state index >= 15 is 0 Å². The van der Waals surface area contributed by atoms with Crippen molar-refractivity contribution >= 4 is 26.7 Å². The van der Waals surface area contributed by atoms with Gasteiger partial charge in [0.2, 0.25) is 10.0 Å². The van der Waals surface area contributed by atoms with Crippen LogP contribution in [0.4, 0.5) is 19.0 Å². The van der Waals surface area contributed by atoms with Gasteiger partial charge in [-0.3, -0.25) is 0 Å². The lowest BCUT2D eigenvalue weighted by molar-refractivity contribution is -0.137. The van der Waals surface area contributed by atoms with Gasteiger partial charge in [0, 0.05) is 51.0 Å². The molecule has 0 atom stereocenters. The molecule has 3 heterocycles. The lowest BCUT2D eigenvalue weighted by atomic mass is 10.2. The van der Waals surface area contributed by atoms with Crippen LogP contribution < -0.4 is 4.90 Å². The zero-order valence-corrected chi connectivity index (χ0v) is 16.4. The molecule has 1 aliphatic rings. The molecule has 0 spiro atoms. The molecule has 154 valence electrons. The Morgan fingerprint density at radius 3 is 2.38 bits per heavy atom. The number of sulfonamides is 1. The SMILES string of the molecule is CN(C)S(=O)(=O)C1CN(c2cc3nn(-c4ccc(C(F)(F)F)cc4)cc3cn2)C1. The van der Waals surface area contributed by atoms with Crippen LogP contribution in [0.5, 0.6) is 0 Å². The monoisotopic (exact) mass is 425 g/mol. The Morgan fingerprint density at radius 2 is 1.79 bits per heavy atom. The van der Waals surface area contributed by atoms with Crippen molar-refractivity contribution in [2.75, 3.05) is 32.1 Å². The molecule has 0 radical (unpaired) electrons. The third kappa shape index (κ3) is 3.55. The fourth-order valence-electron chi connectivity index (χ4n) is 3.13. The lowest BCUT2D eigenvalue weighted by Crippen LogP contribution is -2.57. The number of fused-ring (bicyclic) bond motifs is 1. The van der Waals surface area contributed by atoms with E-state index in [2.05, 4.69) is 10.1 Å². The highest BCUT2D eigenvalue weighted by atomic mass is 32.2. The van der Waals surface area contributed by atoms with Crippen LogP contribution in [0.1, 0.15) is 5.56 Å². The molecule has 0 aliphatic carbocycles. The topological polar surface area (TPSA) is 71.3 Å². The number of hydrogen-bond acceptors (Lipinski definition) is 5. The van der Waals surface area contributed by atoms with Crippen LogP contribution in [0.2, 0.25) is 0 Å². The molecule has 0 N–H and O–H groups in total. The molecule has 1 saturated heterocycles. The fourth-order valence-corrected chi connectivity index (χ4v) is 4.46. The van der Waals surface area contributed by atoms with E-state index in [1.165, 1.54) is 35.2 Å². The Kier molecular flexibility index (Phi) is 4.54. The Bertz CT molecular complexity index is 1150. The Labute approximate surface area is 165 Å². The minimum Gasteiger partial charge on any atom is -0.354 e. The van der Waals surface area contributed by atoms with Gasteiger partial charge in [-0.2, -0.15) is 18.3 Å². The van der Waals surface area contributed by atoms with Gasteiger partial charge in [-0.25, -0.2) is 22.4 Å². The first-order valence-electron chi connectivity index (χ1n) is 8.75. The quantitative estimate of drug-likeness (QED) is 0.643. The molecule has 0 saturated carbocycles. The molecular weight excluding hydrogens is 407 g/mol. The van der Waals surface area contributed by atoms with Crippen molar-refractivity contribution < 1.29 is 21.6 Å². The van der Waals surface area contributed by atoms with E-state index < -0.39 is 27.0 Å². The van der Waals surface area contributed by atoms with Gasteiger partial charge in [0.25, 0.3) is 0 Å². The summed E-state index contributed by atoms with van der Waals surface area (Å²) in [6.07, 6.45) is -1.09. The van der Waals surface area contributed by atoms with E-state index in [-0.39, 0.29) is 0 Å². The van der Waals surface area contributed by atoms with Gasteiger partial charge in [-0.05, 0) is 24.3 Å². The first kappa shape index (κ1) is 19.6. The number of pyridine rings is 1. The number of nitrogens with zero attached hydrogens (tertiary/aromatic N) is 5. The normalized spacial score (nSPS) is 15.9. The molecule has 0 unspecified atom stereocenters. The maximum Gasteiger partial charge on any atom is 0.416 e. The van der Waals surface area contributed by atoms with Crippen molar-refractivity contribution in [2.24, 2.45) is 0 Å². The fraction of sp³-hybridized carbons (Fsp3) is 0.333. The molecule has 1 fully saturated rings. The second-order valence-corrected chi connectivity index (χ2v) is 9.50. The highest BCUT2D eigenvalue weighted by Gasteiger charge is 2.39. The Hall–Kier alpha value is -2.66. The van der Waals surface area contributed by atoms with Gasteiger partial charge in [0.15, 0.2) is 0 Å². The summed E-state index contributed by atoms with van der Waals surface area (Å²) in [5, 5.41) is 4.67. The average Bonchev–Trinajstić information content (AvgIpc) is 3.03. The van der Waals surface area contributed by atoms with Crippen molar-refractivity contribution in [3.63, 3.8) is 0 Å². The second-order valence-electron chi connectivity index (χ2n) is 7.07. The summed E-state index contributed by atoms with van der Waals surface area (Å²) in [6, 6.07) is 6.48. The smallest absolute Gasteiger partial charge is 0.354 e. The molecule has 4 rings (SSSR count). The summed E-state index contributed by atoms with van der Waals surface area (Å²) in [5.74, 6) is 0.611. The summed E-state index contributed by atoms with van der Waals surface area (Å²) in [5.41, 5.74) is 0.396. The summed E-state index contributed by atoms with van der Waals surface area (Å²) in [6.45, 7) is 0.692. The van der Waals surface area contributed by atoms with Crippen molar-refractivity contribution in [3.05, 3.63) is 48.3 Å². The van der Waals surface area contributed by atoms with Crippen LogP contribution in [0, 0.1) is 0 Å². The molecule has 1 aliphatic heterocycles. The number of benzene rings is 1. The van der Waals surface area contributed by atoms with Gasteiger partial charge in [0.05, 0.1) is 16.8 Å². The molecular formula is C18H18F3N5O2S. The molecule has 3 aromatic rings. The van der Waals surface area contributed by atoms with Gasteiger partial charge in [-0.1, -0.05) is 0 Å². The predicted molar refractivity (Wildman–Crippen MR) is 102 cm³/mol. The van der Waals surface area contributed by atoms with E-state index in [0.717, 1.165) is 17.5 Å². The van der Waals surface area contributed by atoms with Crippen LogP contribution in [0.15, 0.2) is 42.7 Å². The van der Waals surface area contributed by atoms with Crippen LogP contribution in [-0.2, 0) is 16.2 Å². The van der Waals surface area contributed by atoms with Crippen molar-refractivity contribution in [1.82, 2.24) is 19.1 Å². The van der Waals surface area contributed by atoms with E-state index in [0.29, 0.717) is 30.1 Å². The van der Waals surface area contributed by atoms with Gasteiger partial charge < -0.3 is 4.90 Å². The summed E-state index contributed by atoms with van der Waals surface area (Å²) in [7, 11) is -0.285. The largest absolute Gasteiger partial charge is 0.416 e. The predicted octanol–water partition coefficient (Wildman–Crippen LogP) is 2.52. The van der Waals surface area contributed by atoms with E-state index in [1.54, 1.807) is 18.5 Å². The van der Waals surface area contributed by atoms with Gasteiger partial charge >= 0.3 is 6.18 Å². The summed E-state index contributed by atoms with van der Waals surface area (Å²) < 4.78 is 65.1. The van der Waals surface area contributed by atoms with E-state index in [1.807, 2.05) is 4.90 Å². The first-order valence-corrected chi connectivity index (χ1v) is 10.3. The minimum absolute atomic E-state index is 0.346. The summed E-state index contributed by atoms with van der Waals surface area (Å²) in [4.78, 5) is 6.21. The zero-order valence-electron chi connectivity index (χ0n) is 15.6. The average molecular weight is 425 g/mol. The molecule has 29 heavy (non-hydrogen) atoms.